The molecule has 0 aromatic heterocycles. The predicted octanol–water partition coefficient (Wildman–Crippen LogP) is 1.12. The van der Waals surface area contributed by atoms with Gasteiger partial charge in [0, 0.05) is 5.92 Å². The van der Waals surface area contributed by atoms with Crippen molar-refractivity contribution >= 4 is 6.29 Å². The Kier molecular flexibility index (Phi) is 1.73. The molecule has 1 saturated carbocycles. The third kappa shape index (κ3) is 1.17. The topological polar surface area (TPSA) is 35.5 Å². The Morgan fingerprint density at radius 2 is 2.08 bits per heavy atom. The third-order valence-corrected chi connectivity index (χ3v) is 2.60. The maximum atomic E-state index is 10.6. The summed E-state index contributed by atoms with van der Waals surface area (Å²) in [5.74, 6) is -0.437. The van der Waals surface area contributed by atoms with E-state index in [2.05, 4.69) is 0 Å². The van der Waals surface area contributed by atoms with Crippen molar-refractivity contribution in [3.8, 4) is 0 Å². The van der Waals surface area contributed by atoms with Gasteiger partial charge in [0.1, 0.15) is 6.29 Å². The fourth-order valence-electron chi connectivity index (χ4n) is 2.12. The number of carbonyl (C=O) groups is 1. The van der Waals surface area contributed by atoms with Gasteiger partial charge in [0.15, 0.2) is 5.79 Å². The molecule has 1 heterocycles. The molecule has 1 saturated heterocycles. The lowest BCUT2D eigenvalue weighted by atomic mass is 10.1. The van der Waals surface area contributed by atoms with E-state index in [1.165, 1.54) is 0 Å². The maximum absolute atomic E-state index is 10.6. The van der Waals surface area contributed by atoms with E-state index in [1.807, 2.05) is 13.8 Å². The van der Waals surface area contributed by atoms with E-state index in [4.69, 9.17) is 9.47 Å². The molecule has 2 aliphatic rings. The van der Waals surface area contributed by atoms with Gasteiger partial charge in [-0.05, 0) is 26.7 Å². The van der Waals surface area contributed by atoms with Crippen molar-refractivity contribution in [2.45, 2.75) is 44.7 Å². The van der Waals surface area contributed by atoms with Crippen molar-refractivity contribution in [2.75, 3.05) is 0 Å². The molecule has 0 aromatic carbocycles. The summed E-state index contributed by atoms with van der Waals surface area (Å²) in [6.45, 7) is 3.79. The molecule has 0 bridgehead atoms. The van der Waals surface area contributed by atoms with Crippen molar-refractivity contribution in [1.29, 1.82) is 0 Å². The molecule has 0 radical (unpaired) electrons. The van der Waals surface area contributed by atoms with Crippen molar-refractivity contribution < 1.29 is 14.3 Å². The number of rotatable bonds is 1. The Balaban J connectivity index is 2.11. The first-order chi connectivity index (χ1) is 5.62. The van der Waals surface area contributed by atoms with Crippen LogP contribution < -0.4 is 0 Å². The summed E-state index contributed by atoms with van der Waals surface area (Å²) >= 11 is 0. The van der Waals surface area contributed by atoms with Gasteiger partial charge in [0.05, 0.1) is 12.2 Å². The number of hydrogen-bond donors (Lipinski definition) is 0. The van der Waals surface area contributed by atoms with Gasteiger partial charge in [-0.3, -0.25) is 0 Å². The number of ether oxygens (including phenoxy) is 2. The molecule has 1 aliphatic carbocycles. The second kappa shape index (κ2) is 2.54. The zero-order valence-electron chi connectivity index (χ0n) is 7.45. The first-order valence-electron chi connectivity index (χ1n) is 4.43. The molecule has 2 fully saturated rings. The van der Waals surface area contributed by atoms with Crippen LogP contribution in [-0.4, -0.2) is 24.3 Å². The molecule has 12 heavy (non-hydrogen) atoms. The van der Waals surface area contributed by atoms with Gasteiger partial charge >= 0.3 is 0 Å². The van der Waals surface area contributed by atoms with Crippen molar-refractivity contribution in [2.24, 2.45) is 5.92 Å². The Morgan fingerprint density at radius 3 is 2.75 bits per heavy atom. The van der Waals surface area contributed by atoms with Gasteiger partial charge in [0.25, 0.3) is 0 Å². The summed E-state index contributed by atoms with van der Waals surface area (Å²) in [4.78, 5) is 10.6. The first-order valence-corrected chi connectivity index (χ1v) is 4.43. The second-order valence-corrected chi connectivity index (χ2v) is 4.02. The summed E-state index contributed by atoms with van der Waals surface area (Å²) in [5, 5.41) is 0. The molecule has 0 amide bonds. The highest BCUT2D eigenvalue weighted by molar-refractivity contribution is 5.55. The SMILES string of the molecule is CC1(C)OC2CC[C@@H](C=O)[C@H]2O1. The highest BCUT2D eigenvalue weighted by Crippen LogP contribution is 2.40. The first kappa shape index (κ1) is 8.20. The molecule has 68 valence electrons. The molecule has 3 atom stereocenters. The standard InChI is InChI=1S/C9H14O3/c1-9(2)11-7-4-3-6(5-10)8(7)12-9/h5-8H,3-4H2,1-2H3/t6-,7?,8+/m0/s1. The second-order valence-electron chi connectivity index (χ2n) is 4.02. The van der Waals surface area contributed by atoms with Crippen LogP contribution in [0.5, 0.6) is 0 Å². The predicted molar refractivity (Wildman–Crippen MR) is 42.6 cm³/mol. The lowest BCUT2D eigenvalue weighted by Gasteiger charge is -2.19. The molecule has 0 spiro atoms. The lowest BCUT2D eigenvalue weighted by molar-refractivity contribution is -0.156. The Hall–Kier alpha value is -0.410. The van der Waals surface area contributed by atoms with Crippen LogP contribution >= 0.6 is 0 Å². The lowest BCUT2D eigenvalue weighted by Crippen LogP contribution is -2.25. The van der Waals surface area contributed by atoms with Crippen molar-refractivity contribution in [3.63, 3.8) is 0 Å². The van der Waals surface area contributed by atoms with Crippen LogP contribution in [0.4, 0.5) is 0 Å². The minimum absolute atomic E-state index is 0.0116. The minimum Gasteiger partial charge on any atom is -0.345 e. The van der Waals surface area contributed by atoms with E-state index in [1.54, 1.807) is 0 Å². The Labute approximate surface area is 72.0 Å². The fraction of sp³-hybridized carbons (Fsp3) is 0.889. The average Bonchev–Trinajstić information content (AvgIpc) is 2.42. The molecule has 3 nitrogen and oxygen atoms in total. The third-order valence-electron chi connectivity index (χ3n) is 2.60. The number of aldehydes is 1. The maximum Gasteiger partial charge on any atom is 0.163 e. The van der Waals surface area contributed by atoms with E-state index in [-0.39, 0.29) is 18.1 Å². The van der Waals surface area contributed by atoms with Gasteiger partial charge in [-0.25, -0.2) is 0 Å². The fourth-order valence-corrected chi connectivity index (χ4v) is 2.12. The number of fused-ring (bicyclic) bond motifs is 1. The molecule has 3 heteroatoms. The van der Waals surface area contributed by atoms with E-state index in [0.717, 1.165) is 19.1 Å². The number of carbonyl (C=O) groups excluding carboxylic acids is 1. The van der Waals surface area contributed by atoms with Gasteiger partial charge in [-0.2, -0.15) is 0 Å². The van der Waals surface area contributed by atoms with Crippen LogP contribution in [0.3, 0.4) is 0 Å². The van der Waals surface area contributed by atoms with Crippen LogP contribution in [0.2, 0.25) is 0 Å². The van der Waals surface area contributed by atoms with Gasteiger partial charge < -0.3 is 14.3 Å². The minimum atomic E-state index is -0.489. The van der Waals surface area contributed by atoms with Crippen LogP contribution in [0.1, 0.15) is 26.7 Å². The molecule has 0 aromatic rings. The summed E-state index contributed by atoms with van der Waals surface area (Å²) in [6.07, 6.45) is 3.02. The monoisotopic (exact) mass is 170 g/mol. The van der Waals surface area contributed by atoms with Crippen molar-refractivity contribution in [3.05, 3.63) is 0 Å². The van der Waals surface area contributed by atoms with E-state index < -0.39 is 5.79 Å². The van der Waals surface area contributed by atoms with Crippen molar-refractivity contribution in [1.82, 2.24) is 0 Å². The summed E-state index contributed by atoms with van der Waals surface area (Å²) in [5.41, 5.74) is 0. The summed E-state index contributed by atoms with van der Waals surface area (Å²) < 4.78 is 11.2. The molecule has 1 aliphatic heterocycles. The van der Waals surface area contributed by atoms with Crippen LogP contribution in [0.15, 0.2) is 0 Å². The molecular weight excluding hydrogens is 156 g/mol. The zero-order chi connectivity index (χ0) is 8.77. The van der Waals surface area contributed by atoms with Crippen LogP contribution in [0, 0.1) is 5.92 Å². The normalized spacial score (nSPS) is 44.3. The zero-order valence-corrected chi connectivity index (χ0v) is 7.45. The van der Waals surface area contributed by atoms with Gasteiger partial charge in [-0.15, -0.1) is 0 Å². The average molecular weight is 170 g/mol. The quantitative estimate of drug-likeness (QED) is 0.553. The molecule has 2 rings (SSSR count). The van der Waals surface area contributed by atoms with E-state index in [0.29, 0.717) is 0 Å². The van der Waals surface area contributed by atoms with E-state index in [9.17, 15) is 4.79 Å². The smallest absolute Gasteiger partial charge is 0.163 e. The summed E-state index contributed by atoms with van der Waals surface area (Å²) in [7, 11) is 0. The molecular formula is C9H14O3. The van der Waals surface area contributed by atoms with Gasteiger partial charge in [-0.1, -0.05) is 0 Å². The molecule has 1 unspecified atom stereocenters. The highest BCUT2D eigenvalue weighted by atomic mass is 16.8. The Bertz CT molecular complexity index is 200. The highest BCUT2D eigenvalue weighted by Gasteiger charge is 2.48. The number of hydrogen-bond acceptors (Lipinski definition) is 3. The van der Waals surface area contributed by atoms with E-state index >= 15 is 0 Å². The Morgan fingerprint density at radius 1 is 1.33 bits per heavy atom. The molecule has 0 N–H and O–H groups in total. The van der Waals surface area contributed by atoms with Gasteiger partial charge in [0.2, 0.25) is 0 Å². The van der Waals surface area contributed by atoms with Crippen LogP contribution in [0.25, 0.3) is 0 Å². The van der Waals surface area contributed by atoms with Crippen LogP contribution in [-0.2, 0) is 14.3 Å². The summed E-state index contributed by atoms with van der Waals surface area (Å²) in [6, 6.07) is 0. The largest absolute Gasteiger partial charge is 0.345 e.